The predicted octanol–water partition coefficient (Wildman–Crippen LogP) is 5.06. The molecule has 0 radical (unpaired) electrons. The maximum absolute atomic E-state index is 12.8. The van der Waals surface area contributed by atoms with Crippen molar-refractivity contribution in [2.45, 2.75) is 12.8 Å². The number of hydrogen-bond acceptors (Lipinski definition) is 4. The molecule has 0 saturated heterocycles. The van der Waals surface area contributed by atoms with Crippen LogP contribution in [0.25, 0.3) is 10.9 Å². The molecule has 0 bridgehead atoms. The third-order valence-corrected chi connectivity index (χ3v) is 6.64. The first-order valence-electron chi connectivity index (χ1n) is 10.2. The topological polar surface area (TPSA) is 65.2 Å². The Kier molecular flexibility index (Phi) is 5.91. The second kappa shape index (κ2) is 8.78. The van der Waals surface area contributed by atoms with E-state index in [2.05, 4.69) is 51.6 Å². The molecule has 4 rings (SSSR count). The molecule has 2 N–H and O–H groups in total. The van der Waals surface area contributed by atoms with Gasteiger partial charge in [-0.1, -0.05) is 30.3 Å². The lowest BCUT2D eigenvalue weighted by molar-refractivity contribution is 0.0955. The maximum atomic E-state index is 12.8. The third kappa shape index (κ3) is 4.39. The highest BCUT2D eigenvalue weighted by Gasteiger charge is 2.20. The summed E-state index contributed by atoms with van der Waals surface area (Å²) in [6.07, 6.45) is 2.03. The number of nitrogens with zero attached hydrogens (tertiary/aromatic N) is 1. The molecule has 5 nitrogen and oxygen atoms in total. The van der Waals surface area contributed by atoms with Gasteiger partial charge < -0.3 is 15.2 Å². The van der Waals surface area contributed by atoms with Gasteiger partial charge in [0.1, 0.15) is 0 Å². The van der Waals surface area contributed by atoms with Gasteiger partial charge in [-0.25, -0.2) is 0 Å². The van der Waals surface area contributed by atoms with Gasteiger partial charge in [0.15, 0.2) is 5.78 Å². The van der Waals surface area contributed by atoms with Gasteiger partial charge in [0, 0.05) is 49.3 Å². The van der Waals surface area contributed by atoms with Gasteiger partial charge in [-0.2, -0.15) is 0 Å². The summed E-state index contributed by atoms with van der Waals surface area (Å²) >= 11 is 1.23. The molecular formula is C25H25N3O2S. The van der Waals surface area contributed by atoms with Gasteiger partial charge >= 0.3 is 0 Å². The Bertz CT molecular complexity index is 1220. The number of aromatic amines is 1. The average molecular weight is 432 g/mol. The molecule has 2 aromatic heterocycles. The summed E-state index contributed by atoms with van der Waals surface area (Å²) in [5, 5.41) is 4.22. The van der Waals surface area contributed by atoms with Crippen molar-refractivity contribution in [3.63, 3.8) is 0 Å². The lowest BCUT2D eigenvalue weighted by Crippen LogP contribution is -2.28. The molecule has 1 amide bonds. The minimum atomic E-state index is -0.160. The first-order valence-corrected chi connectivity index (χ1v) is 11.0. The van der Waals surface area contributed by atoms with Crippen molar-refractivity contribution >= 4 is 39.6 Å². The quantitative estimate of drug-likeness (QED) is 0.402. The predicted molar refractivity (Wildman–Crippen MR) is 128 cm³/mol. The van der Waals surface area contributed by atoms with E-state index in [1.54, 1.807) is 12.1 Å². The molecule has 2 heterocycles. The lowest BCUT2D eigenvalue weighted by Gasteiger charge is -2.20. The number of Topliss-reactive ketones (excluding diaryl/α,β-unsaturated/α-hetero) is 1. The van der Waals surface area contributed by atoms with Crippen LogP contribution in [0.1, 0.15) is 43.3 Å². The Morgan fingerprint density at radius 2 is 1.71 bits per heavy atom. The molecule has 158 valence electrons. The van der Waals surface area contributed by atoms with E-state index in [4.69, 9.17) is 0 Å². The van der Waals surface area contributed by atoms with E-state index in [1.807, 2.05) is 32.4 Å². The zero-order chi connectivity index (χ0) is 22.0. The van der Waals surface area contributed by atoms with Gasteiger partial charge in [-0.3, -0.25) is 9.59 Å². The number of hydrogen-bond donors (Lipinski definition) is 2. The van der Waals surface area contributed by atoms with Crippen LogP contribution in [0.4, 0.5) is 5.69 Å². The minimum Gasteiger partial charge on any atom is -0.378 e. The van der Waals surface area contributed by atoms with E-state index in [0.717, 1.165) is 27.7 Å². The summed E-state index contributed by atoms with van der Waals surface area (Å²) in [5.74, 6) is -0.197. The number of nitrogens with one attached hydrogen (secondary N) is 2. The van der Waals surface area contributed by atoms with E-state index in [9.17, 15) is 9.59 Å². The fraction of sp³-hybridized carbons (Fsp3) is 0.200. The minimum absolute atomic E-state index is 0.0106. The number of H-pyrrole nitrogens is 1. The molecule has 0 saturated carbocycles. The molecule has 1 atom stereocenters. The Balaban J connectivity index is 1.63. The number of ketones is 1. The second-order valence-corrected chi connectivity index (χ2v) is 8.84. The van der Waals surface area contributed by atoms with Gasteiger partial charge in [-0.15, -0.1) is 11.3 Å². The van der Waals surface area contributed by atoms with Gasteiger partial charge in [0.25, 0.3) is 5.91 Å². The van der Waals surface area contributed by atoms with Crippen LogP contribution in [0.5, 0.6) is 0 Å². The number of benzene rings is 2. The zero-order valence-electron chi connectivity index (χ0n) is 17.8. The summed E-state index contributed by atoms with van der Waals surface area (Å²) in [5.41, 5.74) is 4.47. The number of aromatic nitrogens is 1. The molecular weight excluding hydrogens is 406 g/mol. The van der Waals surface area contributed by atoms with Crippen molar-refractivity contribution in [1.82, 2.24) is 10.3 Å². The van der Waals surface area contributed by atoms with Crippen LogP contribution < -0.4 is 10.2 Å². The monoisotopic (exact) mass is 431 g/mol. The molecule has 2 aromatic carbocycles. The average Bonchev–Trinajstić information content (AvgIpc) is 3.42. The number of carbonyl (C=O) groups is 2. The second-order valence-electron chi connectivity index (χ2n) is 7.76. The Labute approximate surface area is 185 Å². The largest absolute Gasteiger partial charge is 0.378 e. The number of carbonyl (C=O) groups excluding carboxylic acids is 2. The fourth-order valence-electron chi connectivity index (χ4n) is 3.73. The van der Waals surface area contributed by atoms with E-state index in [-0.39, 0.29) is 17.6 Å². The molecule has 4 aromatic rings. The SMILES string of the molecule is CC(=O)c1ccc(C(=O)NC[C@H](c2ccc(N(C)C)cc2)c2c[nH]c3ccccc23)s1. The summed E-state index contributed by atoms with van der Waals surface area (Å²) < 4.78 is 0. The number of thiophene rings is 1. The summed E-state index contributed by atoms with van der Waals surface area (Å²) in [6, 6.07) is 20.0. The molecule has 6 heteroatoms. The molecule has 0 unspecified atom stereocenters. The van der Waals surface area contributed by atoms with Crippen LogP contribution in [0.15, 0.2) is 66.9 Å². The lowest BCUT2D eigenvalue weighted by atomic mass is 9.90. The van der Waals surface area contributed by atoms with Crippen LogP contribution in [-0.4, -0.2) is 37.3 Å². The summed E-state index contributed by atoms with van der Waals surface area (Å²) in [6.45, 7) is 1.97. The van der Waals surface area contributed by atoms with Gasteiger partial charge in [-0.05, 0) is 48.4 Å². The molecule has 0 aliphatic heterocycles. The number of anilines is 1. The zero-order valence-corrected chi connectivity index (χ0v) is 18.6. The van der Waals surface area contributed by atoms with Gasteiger partial charge in [0.05, 0.1) is 9.75 Å². The summed E-state index contributed by atoms with van der Waals surface area (Å²) in [7, 11) is 4.03. The van der Waals surface area contributed by atoms with Crippen molar-refractivity contribution in [2.75, 3.05) is 25.5 Å². The smallest absolute Gasteiger partial charge is 0.261 e. The highest BCUT2D eigenvalue weighted by Crippen LogP contribution is 2.31. The molecule has 0 aliphatic carbocycles. The van der Waals surface area contributed by atoms with E-state index >= 15 is 0 Å². The first kappa shape index (κ1) is 20.9. The summed E-state index contributed by atoms with van der Waals surface area (Å²) in [4.78, 5) is 30.9. The number of para-hydroxylation sites is 1. The Hall–Kier alpha value is -3.38. The van der Waals surface area contributed by atoms with Crippen LogP contribution >= 0.6 is 11.3 Å². The van der Waals surface area contributed by atoms with Crippen LogP contribution in [0.2, 0.25) is 0 Å². The van der Waals surface area contributed by atoms with Crippen molar-refractivity contribution in [2.24, 2.45) is 0 Å². The fourth-order valence-corrected chi connectivity index (χ4v) is 4.54. The van der Waals surface area contributed by atoms with Crippen LogP contribution in [-0.2, 0) is 0 Å². The number of rotatable bonds is 7. The van der Waals surface area contributed by atoms with E-state index in [0.29, 0.717) is 16.3 Å². The Morgan fingerprint density at radius 3 is 2.39 bits per heavy atom. The van der Waals surface area contributed by atoms with E-state index in [1.165, 1.54) is 18.3 Å². The molecule has 0 aliphatic rings. The molecule has 31 heavy (non-hydrogen) atoms. The van der Waals surface area contributed by atoms with Crippen LogP contribution in [0.3, 0.4) is 0 Å². The normalized spacial score (nSPS) is 12.0. The van der Waals surface area contributed by atoms with E-state index < -0.39 is 0 Å². The molecule has 0 fully saturated rings. The highest BCUT2D eigenvalue weighted by atomic mass is 32.1. The number of amides is 1. The highest BCUT2D eigenvalue weighted by molar-refractivity contribution is 7.15. The van der Waals surface area contributed by atoms with Crippen molar-refractivity contribution in [3.8, 4) is 0 Å². The van der Waals surface area contributed by atoms with Crippen molar-refractivity contribution in [3.05, 3.63) is 87.7 Å². The standard InChI is InChI=1S/C25H25N3O2S/c1-16(29)23-12-13-24(31-23)25(30)27-14-20(17-8-10-18(11-9-17)28(2)3)21-15-26-22-7-5-4-6-19(21)22/h4-13,15,20,26H,14H2,1-3H3,(H,27,30)/t20-/m1/s1. The number of fused-ring (bicyclic) bond motifs is 1. The van der Waals surface area contributed by atoms with Crippen molar-refractivity contribution in [1.29, 1.82) is 0 Å². The third-order valence-electron chi connectivity index (χ3n) is 5.45. The van der Waals surface area contributed by atoms with Gasteiger partial charge in [0.2, 0.25) is 0 Å². The Morgan fingerprint density at radius 1 is 1.00 bits per heavy atom. The van der Waals surface area contributed by atoms with Crippen LogP contribution in [0, 0.1) is 0 Å². The molecule has 0 spiro atoms. The maximum Gasteiger partial charge on any atom is 0.261 e. The first-order chi connectivity index (χ1) is 14.9. The van der Waals surface area contributed by atoms with Crippen molar-refractivity contribution < 1.29 is 9.59 Å².